The molecule has 80 valence electrons. The fraction of sp³-hybridized carbons (Fsp3) is 0.444. The normalized spacial score (nSPS) is 11.1. The number of rotatable bonds is 5. The summed E-state index contributed by atoms with van der Waals surface area (Å²) in [6, 6.07) is 4.22. The Morgan fingerprint density at radius 3 is 3.13 bits per heavy atom. The third kappa shape index (κ3) is 3.10. The molecular weight excluding hydrogens is 210 g/mol. The van der Waals surface area contributed by atoms with Gasteiger partial charge in [-0.2, -0.15) is 5.21 Å². The maximum absolute atomic E-state index is 3.91. The molecule has 2 aromatic heterocycles. The lowest BCUT2D eigenvalue weighted by Crippen LogP contribution is -2.20. The average molecular weight is 223 g/mol. The summed E-state index contributed by atoms with van der Waals surface area (Å²) >= 11 is 1.78. The third-order valence-electron chi connectivity index (χ3n) is 2.11. The zero-order valence-electron chi connectivity index (χ0n) is 8.55. The Balaban J connectivity index is 1.76. The van der Waals surface area contributed by atoms with Crippen LogP contribution in [0.15, 0.2) is 17.5 Å². The number of hydrogen-bond donors (Lipinski definition) is 1. The Kier molecular flexibility index (Phi) is 3.41. The van der Waals surface area contributed by atoms with E-state index >= 15 is 0 Å². The summed E-state index contributed by atoms with van der Waals surface area (Å²) in [5.41, 5.74) is 0. The van der Waals surface area contributed by atoms with Gasteiger partial charge in [0.1, 0.15) is 0 Å². The number of hydrogen-bond acceptors (Lipinski definition) is 5. The molecule has 15 heavy (non-hydrogen) atoms. The highest BCUT2D eigenvalue weighted by atomic mass is 32.1. The zero-order valence-corrected chi connectivity index (χ0v) is 9.37. The highest BCUT2D eigenvalue weighted by molar-refractivity contribution is 7.09. The van der Waals surface area contributed by atoms with E-state index in [-0.39, 0.29) is 0 Å². The first-order valence-corrected chi connectivity index (χ1v) is 5.66. The molecule has 0 aliphatic heterocycles. The Morgan fingerprint density at radius 1 is 1.53 bits per heavy atom. The summed E-state index contributed by atoms with van der Waals surface area (Å²) in [7, 11) is 2.10. The lowest BCUT2D eigenvalue weighted by atomic mass is 10.3. The number of likely N-dealkylation sites (N-methyl/N-ethyl adjacent to an activating group) is 1. The first-order valence-electron chi connectivity index (χ1n) is 4.78. The minimum absolute atomic E-state index is 0.771. The van der Waals surface area contributed by atoms with Crippen molar-refractivity contribution in [1.82, 2.24) is 25.5 Å². The fourth-order valence-corrected chi connectivity index (χ4v) is 2.11. The van der Waals surface area contributed by atoms with Crippen molar-refractivity contribution in [3.05, 3.63) is 28.2 Å². The molecule has 0 amide bonds. The van der Waals surface area contributed by atoms with Crippen molar-refractivity contribution in [1.29, 1.82) is 0 Å². The second-order valence-corrected chi connectivity index (χ2v) is 4.43. The Labute approximate surface area is 92.1 Å². The number of H-pyrrole nitrogens is 1. The first kappa shape index (κ1) is 10.3. The average Bonchev–Trinajstić information content (AvgIpc) is 2.86. The van der Waals surface area contributed by atoms with Gasteiger partial charge >= 0.3 is 0 Å². The Bertz CT molecular complexity index is 369. The molecule has 0 aliphatic rings. The standard InChI is InChI=1S/C9H13N5S/c1-14(7-8-3-2-6-15-8)5-4-9-10-12-13-11-9/h2-3,6H,4-5,7H2,1H3,(H,10,11,12,13). The van der Waals surface area contributed by atoms with Crippen LogP contribution in [-0.2, 0) is 13.0 Å². The summed E-state index contributed by atoms with van der Waals surface area (Å²) in [6.07, 6.45) is 0.832. The van der Waals surface area contributed by atoms with Crippen LogP contribution in [0.5, 0.6) is 0 Å². The van der Waals surface area contributed by atoms with Crippen LogP contribution in [0.1, 0.15) is 10.7 Å². The van der Waals surface area contributed by atoms with E-state index < -0.39 is 0 Å². The van der Waals surface area contributed by atoms with Gasteiger partial charge in [-0.15, -0.1) is 21.5 Å². The number of thiophene rings is 1. The van der Waals surface area contributed by atoms with Gasteiger partial charge in [0.25, 0.3) is 0 Å². The van der Waals surface area contributed by atoms with Crippen molar-refractivity contribution in [3.63, 3.8) is 0 Å². The topological polar surface area (TPSA) is 57.7 Å². The summed E-state index contributed by atoms with van der Waals surface area (Å²) < 4.78 is 0. The van der Waals surface area contributed by atoms with Crippen LogP contribution < -0.4 is 0 Å². The molecule has 0 radical (unpaired) electrons. The van der Waals surface area contributed by atoms with E-state index in [4.69, 9.17) is 0 Å². The van der Waals surface area contributed by atoms with Gasteiger partial charge in [0, 0.05) is 24.4 Å². The van der Waals surface area contributed by atoms with Crippen LogP contribution in [0.2, 0.25) is 0 Å². The highest BCUT2D eigenvalue weighted by Gasteiger charge is 2.03. The van der Waals surface area contributed by atoms with Crippen LogP contribution in [0, 0.1) is 0 Å². The van der Waals surface area contributed by atoms with Crippen molar-refractivity contribution in [3.8, 4) is 0 Å². The quantitative estimate of drug-likeness (QED) is 0.819. The Hall–Kier alpha value is -1.27. The molecule has 2 aromatic rings. The number of nitrogens with zero attached hydrogens (tertiary/aromatic N) is 4. The molecule has 0 saturated carbocycles. The molecule has 6 heteroatoms. The van der Waals surface area contributed by atoms with E-state index in [9.17, 15) is 0 Å². The van der Waals surface area contributed by atoms with E-state index in [0.717, 1.165) is 25.3 Å². The largest absolute Gasteiger partial charge is 0.301 e. The maximum Gasteiger partial charge on any atom is 0.175 e. The van der Waals surface area contributed by atoms with Gasteiger partial charge < -0.3 is 4.90 Å². The molecule has 0 unspecified atom stereocenters. The molecule has 0 atom stereocenters. The number of aromatic amines is 1. The van der Waals surface area contributed by atoms with E-state index in [1.165, 1.54) is 4.88 Å². The molecular formula is C9H13N5S. The van der Waals surface area contributed by atoms with E-state index in [0.29, 0.717) is 0 Å². The molecule has 0 saturated heterocycles. The van der Waals surface area contributed by atoms with Crippen LogP contribution in [0.25, 0.3) is 0 Å². The molecule has 5 nitrogen and oxygen atoms in total. The van der Waals surface area contributed by atoms with Gasteiger partial charge in [0.2, 0.25) is 0 Å². The molecule has 0 aromatic carbocycles. The third-order valence-corrected chi connectivity index (χ3v) is 2.97. The predicted octanol–water partition coefficient (Wildman–Crippen LogP) is 0.936. The lowest BCUT2D eigenvalue weighted by molar-refractivity contribution is 0.331. The smallest absolute Gasteiger partial charge is 0.175 e. The highest BCUT2D eigenvalue weighted by Crippen LogP contribution is 2.10. The summed E-state index contributed by atoms with van der Waals surface area (Å²) in [5.74, 6) is 0.771. The minimum Gasteiger partial charge on any atom is -0.301 e. The second kappa shape index (κ2) is 4.99. The Morgan fingerprint density at radius 2 is 2.47 bits per heavy atom. The van der Waals surface area contributed by atoms with Crippen molar-refractivity contribution >= 4 is 11.3 Å². The maximum atomic E-state index is 3.91. The van der Waals surface area contributed by atoms with Gasteiger partial charge in [-0.3, -0.25) is 0 Å². The number of nitrogens with one attached hydrogen (secondary N) is 1. The first-order chi connectivity index (χ1) is 7.34. The van der Waals surface area contributed by atoms with Crippen LogP contribution >= 0.6 is 11.3 Å². The van der Waals surface area contributed by atoms with Crippen LogP contribution in [0.3, 0.4) is 0 Å². The van der Waals surface area contributed by atoms with Gasteiger partial charge in [-0.1, -0.05) is 11.3 Å². The minimum atomic E-state index is 0.771. The van der Waals surface area contributed by atoms with Crippen molar-refractivity contribution in [2.75, 3.05) is 13.6 Å². The molecule has 0 fully saturated rings. The number of aromatic nitrogens is 4. The molecule has 2 heterocycles. The van der Waals surface area contributed by atoms with Crippen LogP contribution in [0.4, 0.5) is 0 Å². The molecule has 2 rings (SSSR count). The number of tetrazole rings is 1. The van der Waals surface area contributed by atoms with Gasteiger partial charge in [0.05, 0.1) is 0 Å². The lowest BCUT2D eigenvalue weighted by Gasteiger charge is -2.13. The predicted molar refractivity (Wildman–Crippen MR) is 58.5 cm³/mol. The van der Waals surface area contributed by atoms with Gasteiger partial charge in [0.15, 0.2) is 5.82 Å². The van der Waals surface area contributed by atoms with Gasteiger partial charge in [-0.05, 0) is 18.5 Å². The zero-order chi connectivity index (χ0) is 10.5. The monoisotopic (exact) mass is 223 g/mol. The summed E-state index contributed by atoms with van der Waals surface area (Å²) in [4.78, 5) is 3.63. The second-order valence-electron chi connectivity index (χ2n) is 3.40. The van der Waals surface area contributed by atoms with Gasteiger partial charge in [-0.25, -0.2) is 0 Å². The van der Waals surface area contributed by atoms with E-state index in [1.54, 1.807) is 11.3 Å². The fourth-order valence-electron chi connectivity index (χ4n) is 1.33. The molecule has 1 N–H and O–H groups in total. The van der Waals surface area contributed by atoms with Crippen LogP contribution in [-0.4, -0.2) is 39.1 Å². The SMILES string of the molecule is CN(CCc1nn[nH]n1)Cc1cccs1. The summed E-state index contributed by atoms with van der Waals surface area (Å²) in [5, 5.41) is 15.9. The molecule has 0 bridgehead atoms. The van der Waals surface area contributed by atoms with E-state index in [2.05, 4.69) is 50.1 Å². The van der Waals surface area contributed by atoms with Crippen molar-refractivity contribution in [2.45, 2.75) is 13.0 Å². The summed E-state index contributed by atoms with van der Waals surface area (Å²) in [6.45, 7) is 1.92. The van der Waals surface area contributed by atoms with Crippen molar-refractivity contribution < 1.29 is 0 Å². The molecule has 0 spiro atoms. The van der Waals surface area contributed by atoms with Crippen molar-refractivity contribution in [2.24, 2.45) is 0 Å². The van der Waals surface area contributed by atoms with E-state index in [1.807, 2.05) is 0 Å². The molecule has 0 aliphatic carbocycles.